The Morgan fingerprint density at radius 1 is 1.50 bits per heavy atom. The largest absolute Gasteiger partial charge is 0.495 e. The number of hydrogen-bond acceptors (Lipinski definition) is 6. The summed E-state index contributed by atoms with van der Waals surface area (Å²) >= 11 is 0. The Balaban J connectivity index is 2.04. The van der Waals surface area contributed by atoms with Crippen molar-refractivity contribution in [3.63, 3.8) is 0 Å². The SMILES string of the molecule is COc1cc(C#N)ccc1NCc1cn(CCO)nn1. The molecule has 0 unspecified atom stereocenters. The summed E-state index contributed by atoms with van der Waals surface area (Å²) in [5, 5.41) is 28.7. The van der Waals surface area contributed by atoms with Crippen LogP contribution in [0.3, 0.4) is 0 Å². The van der Waals surface area contributed by atoms with Crippen LogP contribution in [0.25, 0.3) is 0 Å². The van der Waals surface area contributed by atoms with Gasteiger partial charge in [0.15, 0.2) is 0 Å². The molecule has 2 rings (SSSR count). The van der Waals surface area contributed by atoms with Gasteiger partial charge in [-0.15, -0.1) is 5.10 Å². The smallest absolute Gasteiger partial charge is 0.143 e. The quantitative estimate of drug-likeness (QED) is 0.806. The van der Waals surface area contributed by atoms with E-state index in [1.54, 1.807) is 36.2 Å². The second-order valence-corrected chi connectivity index (χ2v) is 4.08. The number of nitriles is 1. The van der Waals surface area contributed by atoms with Crippen molar-refractivity contribution >= 4 is 5.69 Å². The summed E-state index contributed by atoms with van der Waals surface area (Å²) in [6.45, 7) is 0.931. The molecule has 0 saturated heterocycles. The lowest BCUT2D eigenvalue weighted by Crippen LogP contribution is -2.03. The van der Waals surface area contributed by atoms with Gasteiger partial charge < -0.3 is 15.2 Å². The fraction of sp³-hybridized carbons (Fsp3) is 0.308. The molecule has 0 saturated carbocycles. The zero-order valence-corrected chi connectivity index (χ0v) is 11.1. The van der Waals surface area contributed by atoms with E-state index in [1.807, 2.05) is 0 Å². The molecule has 2 N–H and O–H groups in total. The van der Waals surface area contributed by atoms with Crippen LogP contribution in [0.15, 0.2) is 24.4 Å². The number of ether oxygens (including phenoxy) is 1. The summed E-state index contributed by atoms with van der Waals surface area (Å²) in [6, 6.07) is 7.24. The normalized spacial score (nSPS) is 10.1. The van der Waals surface area contributed by atoms with Crippen LogP contribution < -0.4 is 10.1 Å². The van der Waals surface area contributed by atoms with Gasteiger partial charge in [-0.05, 0) is 12.1 Å². The Morgan fingerprint density at radius 2 is 2.35 bits per heavy atom. The zero-order chi connectivity index (χ0) is 14.4. The molecule has 0 amide bonds. The van der Waals surface area contributed by atoms with Gasteiger partial charge in [0.25, 0.3) is 0 Å². The number of rotatable bonds is 6. The molecule has 0 fully saturated rings. The number of aromatic nitrogens is 3. The third-order valence-electron chi connectivity index (χ3n) is 2.71. The first-order valence-corrected chi connectivity index (χ1v) is 6.08. The maximum Gasteiger partial charge on any atom is 0.143 e. The molecule has 1 heterocycles. The van der Waals surface area contributed by atoms with Crippen LogP contribution in [0.4, 0.5) is 5.69 Å². The van der Waals surface area contributed by atoms with Crippen LogP contribution in [0.5, 0.6) is 5.75 Å². The van der Waals surface area contributed by atoms with E-state index in [4.69, 9.17) is 15.1 Å². The van der Waals surface area contributed by atoms with Crippen molar-refractivity contribution in [1.29, 1.82) is 5.26 Å². The Bertz CT molecular complexity index is 617. The van der Waals surface area contributed by atoms with Crippen LogP contribution in [-0.4, -0.2) is 33.8 Å². The lowest BCUT2D eigenvalue weighted by molar-refractivity contribution is 0.268. The minimum absolute atomic E-state index is 0.0275. The number of nitrogens with one attached hydrogen (secondary N) is 1. The Kier molecular flexibility index (Phi) is 4.52. The van der Waals surface area contributed by atoms with Crippen molar-refractivity contribution in [2.45, 2.75) is 13.1 Å². The van der Waals surface area contributed by atoms with Gasteiger partial charge in [-0.1, -0.05) is 5.21 Å². The van der Waals surface area contributed by atoms with E-state index < -0.39 is 0 Å². The lowest BCUT2D eigenvalue weighted by atomic mass is 10.2. The van der Waals surface area contributed by atoms with Gasteiger partial charge >= 0.3 is 0 Å². The highest BCUT2D eigenvalue weighted by atomic mass is 16.5. The monoisotopic (exact) mass is 273 g/mol. The Labute approximate surface area is 116 Å². The minimum Gasteiger partial charge on any atom is -0.495 e. The molecule has 1 aromatic heterocycles. The molecule has 0 bridgehead atoms. The van der Waals surface area contributed by atoms with Gasteiger partial charge in [-0.25, -0.2) is 4.68 Å². The molecule has 0 atom stereocenters. The van der Waals surface area contributed by atoms with E-state index in [0.717, 1.165) is 11.4 Å². The summed E-state index contributed by atoms with van der Waals surface area (Å²) in [5.74, 6) is 0.604. The molecule has 20 heavy (non-hydrogen) atoms. The summed E-state index contributed by atoms with van der Waals surface area (Å²) in [6.07, 6.45) is 1.76. The highest BCUT2D eigenvalue weighted by molar-refractivity contribution is 5.59. The molecular formula is C13H15N5O2. The third-order valence-corrected chi connectivity index (χ3v) is 2.71. The van der Waals surface area contributed by atoms with Crippen LogP contribution in [0, 0.1) is 11.3 Å². The molecule has 7 nitrogen and oxygen atoms in total. The summed E-state index contributed by atoms with van der Waals surface area (Å²) < 4.78 is 6.81. The molecular weight excluding hydrogens is 258 g/mol. The molecule has 0 aliphatic carbocycles. The fourth-order valence-electron chi connectivity index (χ4n) is 1.72. The van der Waals surface area contributed by atoms with E-state index >= 15 is 0 Å². The summed E-state index contributed by atoms with van der Waals surface area (Å²) in [5.41, 5.74) is 2.08. The molecule has 7 heteroatoms. The lowest BCUT2D eigenvalue weighted by Gasteiger charge is -2.10. The van der Waals surface area contributed by atoms with Gasteiger partial charge in [0.05, 0.1) is 50.3 Å². The van der Waals surface area contributed by atoms with Gasteiger partial charge in [-0.2, -0.15) is 5.26 Å². The Hall–Kier alpha value is -2.59. The van der Waals surface area contributed by atoms with Crippen molar-refractivity contribution in [2.24, 2.45) is 0 Å². The van der Waals surface area contributed by atoms with Gasteiger partial charge in [0.1, 0.15) is 11.4 Å². The first-order valence-electron chi connectivity index (χ1n) is 6.08. The third kappa shape index (κ3) is 3.24. The Morgan fingerprint density at radius 3 is 3.05 bits per heavy atom. The molecule has 0 aliphatic rings. The topological polar surface area (TPSA) is 96.0 Å². The molecule has 0 aliphatic heterocycles. The first-order chi connectivity index (χ1) is 9.76. The van der Waals surface area contributed by atoms with Crippen molar-refractivity contribution in [1.82, 2.24) is 15.0 Å². The average Bonchev–Trinajstić information content (AvgIpc) is 2.93. The second-order valence-electron chi connectivity index (χ2n) is 4.08. The van der Waals surface area contributed by atoms with Crippen molar-refractivity contribution < 1.29 is 9.84 Å². The van der Waals surface area contributed by atoms with Crippen LogP contribution in [0.1, 0.15) is 11.3 Å². The van der Waals surface area contributed by atoms with Crippen molar-refractivity contribution in [3.05, 3.63) is 35.7 Å². The summed E-state index contributed by atoms with van der Waals surface area (Å²) in [4.78, 5) is 0. The predicted molar refractivity (Wildman–Crippen MR) is 72.1 cm³/mol. The maximum atomic E-state index is 8.84. The number of aliphatic hydroxyl groups is 1. The number of nitrogens with zero attached hydrogens (tertiary/aromatic N) is 4. The molecule has 0 radical (unpaired) electrons. The number of aliphatic hydroxyl groups excluding tert-OH is 1. The number of hydrogen-bond donors (Lipinski definition) is 2. The molecule has 1 aromatic carbocycles. The second kappa shape index (κ2) is 6.54. The van der Waals surface area contributed by atoms with Crippen LogP contribution in [-0.2, 0) is 13.1 Å². The predicted octanol–water partition coefficient (Wildman–Crippen LogP) is 0.763. The highest BCUT2D eigenvalue weighted by Crippen LogP contribution is 2.25. The number of benzene rings is 1. The van der Waals surface area contributed by atoms with Crippen LogP contribution >= 0.6 is 0 Å². The summed E-state index contributed by atoms with van der Waals surface area (Å²) in [7, 11) is 1.55. The van der Waals surface area contributed by atoms with E-state index in [0.29, 0.717) is 24.4 Å². The maximum absolute atomic E-state index is 8.84. The molecule has 2 aromatic rings. The highest BCUT2D eigenvalue weighted by Gasteiger charge is 2.06. The van der Waals surface area contributed by atoms with Gasteiger partial charge in [0.2, 0.25) is 0 Å². The minimum atomic E-state index is 0.0275. The average molecular weight is 273 g/mol. The van der Waals surface area contributed by atoms with Gasteiger partial charge in [-0.3, -0.25) is 0 Å². The van der Waals surface area contributed by atoms with E-state index in [1.165, 1.54) is 0 Å². The van der Waals surface area contributed by atoms with Crippen LogP contribution in [0.2, 0.25) is 0 Å². The van der Waals surface area contributed by atoms with Gasteiger partial charge in [0, 0.05) is 6.07 Å². The zero-order valence-electron chi connectivity index (χ0n) is 11.1. The molecule has 104 valence electrons. The number of anilines is 1. The van der Waals surface area contributed by atoms with Crippen molar-refractivity contribution in [2.75, 3.05) is 19.0 Å². The molecule has 0 spiro atoms. The standard InChI is InChI=1S/C13H15N5O2/c1-20-13-6-10(7-14)2-3-12(13)15-8-11-9-18(4-5-19)17-16-11/h2-3,6,9,15,19H,4-5,8H2,1H3. The fourth-order valence-corrected chi connectivity index (χ4v) is 1.72. The number of methoxy groups -OCH3 is 1. The van der Waals surface area contributed by atoms with Crippen molar-refractivity contribution in [3.8, 4) is 11.8 Å². The first kappa shape index (κ1) is 13.8. The van der Waals surface area contributed by atoms with E-state index in [-0.39, 0.29) is 6.61 Å². The van der Waals surface area contributed by atoms with E-state index in [9.17, 15) is 0 Å². The van der Waals surface area contributed by atoms with E-state index in [2.05, 4.69) is 21.7 Å².